The molecule has 3 aliphatic heterocycles. The lowest BCUT2D eigenvalue weighted by Gasteiger charge is -2.43. The Labute approximate surface area is 195 Å². The Kier molecular flexibility index (Phi) is 5.17. The van der Waals surface area contributed by atoms with Crippen LogP contribution in [-0.2, 0) is 17.6 Å². The van der Waals surface area contributed by atoms with E-state index >= 15 is 0 Å². The topological polar surface area (TPSA) is 93.6 Å². The number of hydrogen-bond donors (Lipinski definition) is 2. The Balaban J connectivity index is 1.28. The first-order chi connectivity index (χ1) is 15.5. The van der Waals surface area contributed by atoms with Crippen LogP contribution >= 0.6 is 11.6 Å². The summed E-state index contributed by atoms with van der Waals surface area (Å²) in [5, 5.41) is 14.1. The fourth-order valence-electron chi connectivity index (χ4n) is 5.52. The Hall–Kier alpha value is -1.74. The number of benzene rings is 1. The van der Waals surface area contributed by atoms with Gasteiger partial charge in [-0.15, -0.1) is 0 Å². The van der Waals surface area contributed by atoms with Gasteiger partial charge < -0.3 is 24.6 Å². The van der Waals surface area contributed by atoms with Gasteiger partial charge in [-0.05, 0) is 60.5 Å². The summed E-state index contributed by atoms with van der Waals surface area (Å²) in [4.78, 5) is 12.7. The van der Waals surface area contributed by atoms with Crippen LogP contribution in [0, 0.1) is 5.92 Å². The third kappa shape index (κ3) is 3.43. The van der Waals surface area contributed by atoms with Gasteiger partial charge >= 0.3 is 0 Å². The highest BCUT2D eigenvalue weighted by molar-refractivity contribution is 7.91. The van der Waals surface area contributed by atoms with E-state index in [-0.39, 0.29) is 12.1 Å². The van der Waals surface area contributed by atoms with E-state index in [0.717, 1.165) is 55.1 Å². The van der Waals surface area contributed by atoms with Crippen molar-refractivity contribution in [3.63, 3.8) is 0 Å². The van der Waals surface area contributed by atoms with Gasteiger partial charge in [0.05, 0.1) is 18.8 Å². The van der Waals surface area contributed by atoms with Crippen LogP contribution in [-0.4, -0.2) is 57.2 Å². The maximum absolute atomic E-state index is 12.7. The predicted molar refractivity (Wildman–Crippen MR) is 124 cm³/mol. The molecule has 1 aromatic carbocycles. The van der Waals surface area contributed by atoms with Crippen LogP contribution in [0.4, 0.5) is 11.8 Å². The average Bonchev–Trinajstić information content (AvgIpc) is 3.16. The van der Waals surface area contributed by atoms with Crippen molar-refractivity contribution in [2.75, 3.05) is 42.3 Å². The third-order valence-electron chi connectivity index (χ3n) is 7.52. The third-order valence-corrected chi connectivity index (χ3v) is 9.21. The number of piperidine rings is 1. The summed E-state index contributed by atoms with van der Waals surface area (Å²) in [5.41, 5.74) is 1.78. The molecule has 32 heavy (non-hydrogen) atoms. The van der Waals surface area contributed by atoms with Crippen LogP contribution in [0.3, 0.4) is 0 Å². The molecule has 1 saturated heterocycles. The summed E-state index contributed by atoms with van der Waals surface area (Å²) in [6.45, 7) is 2.39. The van der Waals surface area contributed by atoms with E-state index in [9.17, 15) is 9.66 Å². The number of aryl methyl sites for hydroxylation is 1. The van der Waals surface area contributed by atoms with Crippen molar-refractivity contribution < 1.29 is 14.4 Å². The van der Waals surface area contributed by atoms with Crippen LogP contribution in [0.5, 0.6) is 5.75 Å². The minimum absolute atomic E-state index is 0.0575. The van der Waals surface area contributed by atoms with Gasteiger partial charge in [0, 0.05) is 30.5 Å². The molecular formula is C23H27ClN4O3S. The van der Waals surface area contributed by atoms with Gasteiger partial charge in [-0.1, -0.05) is 17.7 Å². The van der Waals surface area contributed by atoms with Crippen molar-refractivity contribution in [2.24, 2.45) is 5.92 Å². The number of aliphatic hydroxyl groups excluding tert-OH is 1. The zero-order valence-electron chi connectivity index (χ0n) is 17.8. The molecule has 0 spiro atoms. The van der Waals surface area contributed by atoms with Crippen LogP contribution in [0.1, 0.15) is 42.9 Å². The second-order valence-electron chi connectivity index (χ2n) is 9.46. The summed E-state index contributed by atoms with van der Waals surface area (Å²) in [7, 11) is 0. The molecule has 9 heteroatoms. The van der Waals surface area contributed by atoms with Gasteiger partial charge in [-0.3, -0.25) is 0 Å². The van der Waals surface area contributed by atoms with Crippen molar-refractivity contribution in [3.05, 3.63) is 34.5 Å². The monoisotopic (exact) mass is 474 g/mol. The van der Waals surface area contributed by atoms with Crippen LogP contribution in [0.25, 0.3) is 0 Å². The van der Waals surface area contributed by atoms with Gasteiger partial charge in [0.15, 0.2) is 5.82 Å². The Morgan fingerprint density at radius 3 is 3.00 bits per heavy atom. The molecule has 1 aliphatic carbocycles. The molecular weight excluding hydrogens is 448 g/mol. The maximum atomic E-state index is 12.7. The smallest absolute Gasteiger partial charge is 0.227 e. The van der Waals surface area contributed by atoms with E-state index in [2.05, 4.69) is 16.3 Å². The van der Waals surface area contributed by atoms with Gasteiger partial charge in [0.1, 0.15) is 17.2 Å². The van der Waals surface area contributed by atoms with E-state index in [1.54, 1.807) is 0 Å². The summed E-state index contributed by atoms with van der Waals surface area (Å²) >= 11 is 5.06. The number of ether oxygens (including phenoxy) is 1. The summed E-state index contributed by atoms with van der Waals surface area (Å²) in [5.74, 6) is 3.64. The fraction of sp³-hybridized carbons (Fsp3) is 0.565. The highest BCUT2D eigenvalue weighted by atomic mass is 35.5. The summed E-state index contributed by atoms with van der Waals surface area (Å²) < 4.78 is 18.7. The minimum Gasteiger partial charge on any atom is -0.611 e. The molecule has 7 nitrogen and oxygen atoms in total. The van der Waals surface area contributed by atoms with Crippen LogP contribution in [0.15, 0.2) is 23.1 Å². The molecule has 1 aromatic heterocycles. The minimum atomic E-state index is -1.09. The highest BCUT2D eigenvalue weighted by Gasteiger charge is 2.42. The number of aliphatic hydroxyl groups is 1. The number of halogens is 1. The molecule has 4 aliphatic rings. The van der Waals surface area contributed by atoms with Crippen LogP contribution < -0.4 is 15.0 Å². The van der Waals surface area contributed by atoms with E-state index in [4.69, 9.17) is 26.3 Å². The number of hydrogen-bond acceptors (Lipinski definition) is 7. The maximum Gasteiger partial charge on any atom is 0.227 e. The SMILES string of the molecule is [O-][S@+]1CCc2nc(N3CC[C@@H]4c5ccc(Cl)cc5OC[C@H]4C3)nc(NC3(CO)CCC3)c21. The second-order valence-corrected chi connectivity index (χ2v) is 11.4. The molecule has 2 fully saturated rings. The molecule has 0 unspecified atom stereocenters. The largest absolute Gasteiger partial charge is 0.611 e. The van der Waals surface area contributed by atoms with Crippen molar-refractivity contribution in [1.82, 2.24) is 9.97 Å². The number of nitrogens with one attached hydrogen (secondary N) is 1. The Morgan fingerprint density at radius 1 is 1.34 bits per heavy atom. The van der Waals surface area contributed by atoms with E-state index in [0.29, 0.717) is 47.4 Å². The lowest BCUT2D eigenvalue weighted by Crippen LogP contribution is -2.49. The van der Waals surface area contributed by atoms with Crippen molar-refractivity contribution in [2.45, 2.75) is 48.5 Å². The second kappa shape index (κ2) is 7.94. The van der Waals surface area contributed by atoms with Crippen molar-refractivity contribution in [3.8, 4) is 5.75 Å². The van der Waals surface area contributed by atoms with E-state index in [1.807, 2.05) is 12.1 Å². The first kappa shape index (κ1) is 20.8. The zero-order valence-corrected chi connectivity index (χ0v) is 19.4. The van der Waals surface area contributed by atoms with Crippen LogP contribution in [0.2, 0.25) is 5.02 Å². The van der Waals surface area contributed by atoms with Crippen molar-refractivity contribution >= 4 is 34.5 Å². The average molecular weight is 475 g/mol. The number of rotatable bonds is 4. The summed E-state index contributed by atoms with van der Waals surface area (Å²) in [6, 6.07) is 5.95. The molecule has 4 heterocycles. The highest BCUT2D eigenvalue weighted by Crippen LogP contribution is 2.44. The number of aromatic nitrogens is 2. The first-order valence-electron chi connectivity index (χ1n) is 11.4. The fourth-order valence-corrected chi connectivity index (χ4v) is 6.98. The lowest BCUT2D eigenvalue weighted by molar-refractivity contribution is 0.143. The molecule has 0 amide bonds. The van der Waals surface area contributed by atoms with E-state index in [1.165, 1.54) is 5.56 Å². The molecule has 2 N–H and O–H groups in total. The molecule has 6 rings (SSSR count). The normalized spacial score (nSPS) is 27.6. The Morgan fingerprint density at radius 2 is 2.22 bits per heavy atom. The zero-order chi connectivity index (χ0) is 21.9. The van der Waals surface area contributed by atoms with Gasteiger partial charge in [0.2, 0.25) is 10.8 Å². The van der Waals surface area contributed by atoms with Gasteiger partial charge in [-0.2, -0.15) is 4.98 Å². The molecule has 2 aromatic rings. The van der Waals surface area contributed by atoms with Crippen molar-refractivity contribution in [1.29, 1.82) is 0 Å². The van der Waals surface area contributed by atoms with Gasteiger partial charge in [0.25, 0.3) is 0 Å². The van der Waals surface area contributed by atoms with E-state index < -0.39 is 11.2 Å². The molecule has 0 bridgehead atoms. The first-order valence-corrected chi connectivity index (χ1v) is 13.1. The number of fused-ring (bicyclic) bond motifs is 4. The molecule has 0 radical (unpaired) electrons. The standard InChI is InChI=1S/C23H27ClN4O3S/c24-15-2-3-17-16-4-8-28(11-14(16)12-31-19(17)10-15)22-25-18-5-9-32(30)20(18)21(26-22)27-23(13-29)6-1-7-23/h2-3,10,14,16,29H,1,4-9,11-13H2,(H,25,26,27)/t14-,16+,32-/m1/s1. The number of anilines is 2. The lowest BCUT2D eigenvalue weighted by atomic mass is 9.77. The molecule has 170 valence electrons. The predicted octanol–water partition coefficient (Wildman–Crippen LogP) is 3.12. The summed E-state index contributed by atoms with van der Waals surface area (Å²) in [6.07, 6.45) is 4.59. The van der Waals surface area contributed by atoms with Gasteiger partial charge in [-0.25, -0.2) is 4.98 Å². The quantitative estimate of drug-likeness (QED) is 0.657. The Bertz CT molecular complexity index is 1040. The molecule has 3 atom stereocenters. The molecule has 1 saturated carbocycles. The number of nitrogens with zero attached hydrogens (tertiary/aromatic N) is 3.